The normalized spacial score (nSPS) is 10.7. The SMILES string of the molecule is COc1c(C)cnc(-c2sc(Nc3ccccc3)nc2-c2ccccc2)c1C. The van der Waals surface area contributed by atoms with Crippen molar-refractivity contribution >= 4 is 22.2 Å². The second-order valence-electron chi connectivity index (χ2n) is 6.50. The third-order valence-electron chi connectivity index (χ3n) is 4.56. The van der Waals surface area contributed by atoms with E-state index in [-0.39, 0.29) is 0 Å². The Morgan fingerprint density at radius 3 is 2.25 bits per heavy atom. The van der Waals surface area contributed by atoms with Gasteiger partial charge in [-0.15, -0.1) is 0 Å². The summed E-state index contributed by atoms with van der Waals surface area (Å²) in [5.74, 6) is 0.870. The van der Waals surface area contributed by atoms with Crippen LogP contribution >= 0.6 is 11.3 Å². The maximum Gasteiger partial charge on any atom is 0.188 e. The molecule has 2 heterocycles. The molecule has 0 aliphatic heterocycles. The molecule has 2 aromatic carbocycles. The first-order chi connectivity index (χ1) is 13.7. The molecule has 0 saturated carbocycles. The molecule has 140 valence electrons. The fraction of sp³-hybridized carbons (Fsp3) is 0.130. The van der Waals surface area contributed by atoms with Crippen LogP contribution in [-0.2, 0) is 0 Å². The second-order valence-corrected chi connectivity index (χ2v) is 7.50. The van der Waals surface area contributed by atoms with Crippen molar-refractivity contribution in [3.05, 3.63) is 78.0 Å². The molecule has 4 aromatic rings. The Morgan fingerprint density at radius 2 is 1.57 bits per heavy atom. The van der Waals surface area contributed by atoms with E-state index in [1.165, 1.54) is 0 Å². The number of nitrogens with zero attached hydrogens (tertiary/aromatic N) is 2. The highest BCUT2D eigenvalue weighted by molar-refractivity contribution is 7.19. The summed E-state index contributed by atoms with van der Waals surface area (Å²) in [5.41, 5.74) is 5.95. The van der Waals surface area contributed by atoms with Gasteiger partial charge in [0.25, 0.3) is 0 Å². The molecule has 0 amide bonds. The van der Waals surface area contributed by atoms with Gasteiger partial charge >= 0.3 is 0 Å². The van der Waals surface area contributed by atoms with Gasteiger partial charge in [0.2, 0.25) is 0 Å². The third-order valence-corrected chi connectivity index (χ3v) is 5.54. The summed E-state index contributed by atoms with van der Waals surface area (Å²) in [6, 6.07) is 20.3. The molecule has 0 bridgehead atoms. The van der Waals surface area contributed by atoms with Crippen LogP contribution < -0.4 is 10.1 Å². The summed E-state index contributed by atoms with van der Waals surface area (Å²) in [6.07, 6.45) is 1.86. The molecule has 1 N–H and O–H groups in total. The maximum atomic E-state index is 5.61. The predicted molar refractivity (Wildman–Crippen MR) is 117 cm³/mol. The van der Waals surface area contributed by atoms with Crippen LogP contribution in [-0.4, -0.2) is 17.1 Å². The monoisotopic (exact) mass is 387 g/mol. The minimum atomic E-state index is 0.834. The predicted octanol–water partition coefficient (Wildman–Crippen LogP) is 6.24. The van der Waals surface area contributed by atoms with Crippen molar-refractivity contribution in [2.24, 2.45) is 0 Å². The van der Waals surface area contributed by atoms with Crippen LogP contribution in [0.15, 0.2) is 66.9 Å². The summed E-state index contributed by atoms with van der Waals surface area (Å²) in [5, 5.41) is 4.25. The molecule has 2 aromatic heterocycles. The summed E-state index contributed by atoms with van der Waals surface area (Å²) >= 11 is 1.60. The number of thiazole rings is 1. The standard InChI is InChI=1S/C23H21N3OS/c1-15-14-24-19(16(2)21(15)27-3)22-20(17-10-6-4-7-11-17)26-23(28-22)25-18-12-8-5-9-13-18/h4-14H,1-3H3,(H,25,26). The van der Waals surface area contributed by atoms with E-state index in [9.17, 15) is 0 Å². The Balaban J connectivity index is 1.86. The van der Waals surface area contributed by atoms with Gasteiger partial charge in [0.05, 0.1) is 23.4 Å². The number of aromatic nitrogens is 2. The van der Waals surface area contributed by atoms with Gasteiger partial charge in [0.1, 0.15) is 5.75 Å². The van der Waals surface area contributed by atoms with Gasteiger partial charge in [0, 0.05) is 28.6 Å². The maximum absolute atomic E-state index is 5.61. The number of aryl methyl sites for hydroxylation is 1. The Labute approximate surface area is 168 Å². The number of methoxy groups -OCH3 is 1. The number of rotatable bonds is 5. The minimum Gasteiger partial charge on any atom is -0.496 e. The molecule has 0 spiro atoms. The lowest BCUT2D eigenvalue weighted by Gasteiger charge is -2.12. The highest BCUT2D eigenvalue weighted by Gasteiger charge is 2.20. The molecular formula is C23H21N3OS. The molecule has 0 aliphatic rings. The van der Waals surface area contributed by atoms with Crippen molar-refractivity contribution in [2.45, 2.75) is 13.8 Å². The lowest BCUT2D eigenvalue weighted by Crippen LogP contribution is -1.96. The van der Waals surface area contributed by atoms with Crippen LogP contribution in [0.2, 0.25) is 0 Å². The van der Waals surface area contributed by atoms with Gasteiger partial charge in [-0.3, -0.25) is 4.98 Å². The van der Waals surface area contributed by atoms with Gasteiger partial charge in [-0.25, -0.2) is 4.98 Å². The Bertz CT molecular complexity index is 1090. The molecule has 0 radical (unpaired) electrons. The number of para-hydroxylation sites is 1. The zero-order chi connectivity index (χ0) is 19.5. The van der Waals surface area contributed by atoms with Gasteiger partial charge in [-0.2, -0.15) is 0 Å². The zero-order valence-electron chi connectivity index (χ0n) is 16.1. The smallest absolute Gasteiger partial charge is 0.188 e. The van der Waals surface area contributed by atoms with Gasteiger partial charge < -0.3 is 10.1 Å². The Morgan fingerprint density at radius 1 is 0.893 bits per heavy atom. The lowest BCUT2D eigenvalue weighted by molar-refractivity contribution is 0.408. The highest BCUT2D eigenvalue weighted by atomic mass is 32.1. The van der Waals surface area contributed by atoms with Gasteiger partial charge in [-0.05, 0) is 26.0 Å². The van der Waals surface area contributed by atoms with E-state index in [2.05, 4.69) is 17.4 Å². The van der Waals surface area contributed by atoms with Crippen molar-refractivity contribution in [3.8, 4) is 27.6 Å². The number of hydrogen-bond donors (Lipinski definition) is 1. The summed E-state index contributed by atoms with van der Waals surface area (Å²) in [7, 11) is 1.70. The van der Waals surface area contributed by atoms with E-state index in [1.807, 2.05) is 68.6 Å². The number of nitrogens with one attached hydrogen (secondary N) is 1. The van der Waals surface area contributed by atoms with E-state index in [0.717, 1.165) is 49.5 Å². The largest absolute Gasteiger partial charge is 0.496 e. The van der Waals surface area contributed by atoms with Crippen LogP contribution in [0.25, 0.3) is 21.8 Å². The first-order valence-corrected chi connectivity index (χ1v) is 9.88. The van der Waals surface area contributed by atoms with Gasteiger partial charge in [-0.1, -0.05) is 59.9 Å². The van der Waals surface area contributed by atoms with E-state index in [4.69, 9.17) is 14.7 Å². The molecule has 0 aliphatic carbocycles. The molecule has 0 saturated heterocycles. The van der Waals surface area contributed by atoms with Crippen LogP contribution in [0, 0.1) is 13.8 Å². The van der Waals surface area contributed by atoms with Crippen LogP contribution in [0.3, 0.4) is 0 Å². The number of benzene rings is 2. The summed E-state index contributed by atoms with van der Waals surface area (Å²) < 4.78 is 5.61. The molecule has 5 heteroatoms. The summed E-state index contributed by atoms with van der Waals surface area (Å²) in [6.45, 7) is 4.06. The molecular weight excluding hydrogens is 366 g/mol. The minimum absolute atomic E-state index is 0.834. The fourth-order valence-electron chi connectivity index (χ4n) is 3.23. The van der Waals surface area contributed by atoms with Crippen molar-refractivity contribution in [1.29, 1.82) is 0 Å². The first-order valence-electron chi connectivity index (χ1n) is 9.06. The van der Waals surface area contributed by atoms with E-state index >= 15 is 0 Å². The van der Waals surface area contributed by atoms with Crippen molar-refractivity contribution in [2.75, 3.05) is 12.4 Å². The first kappa shape index (κ1) is 18.2. The average molecular weight is 388 g/mol. The average Bonchev–Trinajstić information content (AvgIpc) is 3.13. The van der Waals surface area contributed by atoms with Crippen LogP contribution in [0.1, 0.15) is 11.1 Å². The quantitative estimate of drug-likeness (QED) is 0.440. The number of anilines is 2. The molecule has 0 unspecified atom stereocenters. The fourth-order valence-corrected chi connectivity index (χ4v) is 4.30. The molecule has 0 atom stereocenters. The number of pyridine rings is 1. The number of ether oxygens (including phenoxy) is 1. The second kappa shape index (κ2) is 7.82. The molecule has 4 nitrogen and oxygen atoms in total. The molecule has 28 heavy (non-hydrogen) atoms. The topological polar surface area (TPSA) is 47.0 Å². The summed E-state index contributed by atoms with van der Waals surface area (Å²) in [4.78, 5) is 10.7. The Kier molecular flexibility index (Phi) is 5.08. The third kappa shape index (κ3) is 3.49. The lowest BCUT2D eigenvalue weighted by atomic mass is 10.1. The van der Waals surface area contributed by atoms with E-state index < -0.39 is 0 Å². The van der Waals surface area contributed by atoms with Crippen LogP contribution in [0.4, 0.5) is 10.8 Å². The van der Waals surface area contributed by atoms with E-state index in [0.29, 0.717) is 0 Å². The van der Waals surface area contributed by atoms with Crippen LogP contribution in [0.5, 0.6) is 5.75 Å². The zero-order valence-corrected chi connectivity index (χ0v) is 16.9. The van der Waals surface area contributed by atoms with Gasteiger partial charge in [0.15, 0.2) is 5.13 Å². The molecule has 4 rings (SSSR count). The van der Waals surface area contributed by atoms with E-state index in [1.54, 1.807) is 18.4 Å². The van der Waals surface area contributed by atoms with Crippen molar-refractivity contribution < 1.29 is 4.74 Å². The van der Waals surface area contributed by atoms with Crippen molar-refractivity contribution in [1.82, 2.24) is 9.97 Å². The van der Waals surface area contributed by atoms with Crippen molar-refractivity contribution in [3.63, 3.8) is 0 Å². The molecule has 0 fully saturated rings. The Hall–Kier alpha value is -3.18. The highest BCUT2D eigenvalue weighted by Crippen LogP contribution is 2.42. The number of hydrogen-bond acceptors (Lipinski definition) is 5.